The molecule has 1 aromatic rings. The summed E-state index contributed by atoms with van der Waals surface area (Å²) in [4.78, 5) is 11.0. The number of hydrogen-bond donors (Lipinski definition) is 2. The number of thiol groups is 1. The fourth-order valence-electron chi connectivity index (χ4n) is 1.54. The minimum absolute atomic E-state index is 0.0589. The van der Waals surface area contributed by atoms with Crippen molar-refractivity contribution >= 4 is 18.6 Å². The highest BCUT2D eigenvalue weighted by Gasteiger charge is 2.24. The predicted octanol–water partition coefficient (Wildman–Crippen LogP) is 3.05. The molecule has 0 heterocycles. The van der Waals surface area contributed by atoms with Gasteiger partial charge in [0.2, 0.25) is 11.6 Å². The molecule has 9 heteroatoms. The third-order valence-electron chi connectivity index (χ3n) is 2.76. The summed E-state index contributed by atoms with van der Waals surface area (Å²) in [5.74, 6) is -6.23. The van der Waals surface area contributed by atoms with Crippen molar-refractivity contribution in [2.75, 3.05) is 33.0 Å². The van der Waals surface area contributed by atoms with Crippen molar-refractivity contribution < 1.29 is 37.3 Å². The molecule has 0 aromatic heterocycles. The van der Waals surface area contributed by atoms with Crippen molar-refractivity contribution in [3.8, 4) is 5.75 Å². The Bertz CT molecular complexity index is 526. The number of esters is 1. The molecule has 0 radical (unpaired) electrons. The fraction of sp³-hybridized carbons (Fsp3) is 0.562. The molecule has 0 unspecified atom stereocenters. The maximum atomic E-state index is 13.8. The first-order valence-corrected chi connectivity index (χ1v) is 8.17. The van der Waals surface area contributed by atoms with Crippen LogP contribution in [-0.4, -0.2) is 44.1 Å². The van der Waals surface area contributed by atoms with Crippen molar-refractivity contribution in [3.63, 3.8) is 0 Å². The van der Waals surface area contributed by atoms with E-state index < -0.39 is 34.1 Å². The van der Waals surface area contributed by atoms with Crippen molar-refractivity contribution in [3.05, 3.63) is 23.0 Å². The zero-order valence-electron chi connectivity index (χ0n) is 14.4. The van der Waals surface area contributed by atoms with Gasteiger partial charge < -0.3 is 19.3 Å². The molecular weight excluding hydrogens is 361 g/mol. The molecule has 0 saturated heterocycles. The van der Waals surface area contributed by atoms with Gasteiger partial charge in [-0.15, -0.1) is 12.6 Å². The summed E-state index contributed by atoms with van der Waals surface area (Å²) in [6.45, 7) is 5.61. The summed E-state index contributed by atoms with van der Waals surface area (Å²) in [6.07, 6.45) is -0.276. The van der Waals surface area contributed by atoms with Gasteiger partial charge in [0.25, 0.3) is 0 Å². The SMILES string of the molecule is CC.Cc1c(F)c(OC(=O)CCOCCOCCO)c(F)c(F)c1S. The normalized spacial score (nSPS) is 10.2. The number of ether oxygens (including phenoxy) is 3. The van der Waals surface area contributed by atoms with Gasteiger partial charge in [0.05, 0.1) is 39.5 Å². The van der Waals surface area contributed by atoms with Crippen LogP contribution in [0.1, 0.15) is 25.8 Å². The minimum Gasteiger partial charge on any atom is -0.420 e. The van der Waals surface area contributed by atoms with Crippen LogP contribution in [0.5, 0.6) is 5.75 Å². The van der Waals surface area contributed by atoms with E-state index in [-0.39, 0.29) is 45.0 Å². The highest BCUT2D eigenvalue weighted by molar-refractivity contribution is 7.80. The van der Waals surface area contributed by atoms with Gasteiger partial charge >= 0.3 is 5.97 Å². The van der Waals surface area contributed by atoms with Gasteiger partial charge in [0.15, 0.2) is 11.6 Å². The quantitative estimate of drug-likeness (QED) is 0.225. The van der Waals surface area contributed by atoms with E-state index in [1.807, 2.05) is 13.8 Å². The van der Waals surface area contributed by atoms with E-state index in [0.29, 0.717) is 0 Å². The largest absolute Gasteiger partial charge is 0.420 e. The van der Waals surface area contributed by atoms with E-state index in [0.717, 1.165) is 0 Å². The number of carbonyl (C=O) groups is 1. The number of benzene rings is 1. The summed E-state index contributed by atoms with van der Waals surface area (Å²) >= 11 is 3.65. The van der Waals surface area contributed by atoms with Gasteiger partial charge in [-0.2, -0.15) is 4.39 Å². The molecule has 5 nitrogen and oxygen atoms in total. The Morgan fingerprint density at radius 1 is 1.00 bits per heavy atom. The lowest BCUT2D eigenvalue weighted by molar-refractivity contribution is -0.136. The molecule has 0 saturated carbocycles. The van der Waals surface area contributed by atoms with Crippen LogP contribution in [0.2, 0.25) is 0 Å². The monoisotopic (exact) mass is 384 g/mol. The Morgan fingerprint density at radius 3 is 2.12 bits per heavy atom. The fourth-order valence-corrected chi connectivity index (χ4v) is 1.73. The molecule has 0 bridgehead atoms. The molecule has 25 heavy (non-hydrogen) atoms. The second-order valence-electron chi connectivity index (χ2n) is 4.42. The first-order valence-electron chi connectivity index (χ1n) is 7.73. The predicted molar refractivity (Wildman–Crippen MR) is 88.6 cm³/mol. The number of halogens is 3. The topological polar surface area (TPSA) is 65.0 Å². The average Bonchev–Trinajstić information content (AvgIpc) is 2.63. The first-order chi connectivity index (χ1) is 11.9. The number of hydrogen-bond acceptors (Lipinski definition) is 6. The van der Waals surface area contributed by atoms with E-state index in [1.54, 1.807) is 0 Å². The van der Waals surface area contributed by atoms with Crippen LogP contribution in [0.4, 0.5) is 13.2 Å². The highest BCUT2D eigenvalue weighted by atomic mass is 32.1. The van der Waals surface area contributed by atoms with Gasteiger partial charge in [-0.05, 0) is 6.92 Å². The molecule has 0 atom stereocenters. The van der Waals surface area contributed by atoms with E-state index in [4.69, 9.17) is 14.6 Å². The van der Waals surface area contributed by atoms with Crippen LogP contribution < -0.4 is 4.74 Å². The zero-order chi connectivity index (χ0) is 19.4. The Kier molecular flexibility index (Phi) is 12.3. The molecule has 1 N–H and O–H groups in total. The lowest BCUT2D eigenvalue weighted by Crippen LogP contribution is -2.15. The lowest BCUT2D eigenvalue weighted by atomic mass is 10.2. The van der Waals surface area contributed by atoms with Crippen LogP contribution >= 0.6 is 12.6 Å². The van der Waals surface area contributed by atoms with Crippen LogP contribution in [-0.2, 0) is 14.3 Å². The maximum Gasteiger partial charge on any atom is 0.313 e. The summed E-state index contributed by atoms with van der Waals surface area (Å²) in [5, 5.41) is 8.46. The standard InChI is InChI=1S/C14H17F3O5S.C2H6/c1-8-10(15)13(11(16)12(17)14(8)23)22-9(19)2-4-20-6-7-21-5-3-18;1-2/h18,23H,2-7H2,1H3;1-2H3. The van der Waals surface area contributed by atoms with Crippen molar-refractivity contribution in [2.24, 2.45) is 0 Å². The van der Waals surface area contributed by atoms with E-state index in [9.17, 15) is 18.0 Å². The Hall–Kier alpha value is -1.29. The first kappa shape index (κ1) is 23.7. The molecule has 1 aromatic carbocycles. The molecule has 0 amide bonds. The Morgan fingerprint density at radius 2 is 1.56 bits per heavy atom. The lowest BCUT2D eigenvalue weighted by Gasteiger charge is -2.11. The summed E-state index contributed by atoms with van der Waals surface area (Å²) in [6, 6.07) is 0. The molecule has 0 aliphatic heterocycles. The Labute approximate surface area is 150 Å². The number of carbonyl (C=O) groups excluding carboxylic acids is 1. The molecule has 1 rings (SSSR count). The van der Waals surface area contributed by atoms with E-state index in [2.05, 4.69) is 17.4 Å². The van der Waals surface area contributed by atoms with Crippen molar-refractivity contribution in [1.82, 2.24) is 0 Å². The molecule has 0 aliphatic rings. The molecular formula is C16H23F3O5S. The second kappa shape index (κ2) is 13.0. The van der Waals surface area contributed by atoms with E-state index in [1.165, 1.54) is 6.92 Å². The minimum atomic E-state index is -1.61. The van der Waals surface area contributed by atoms with Gasteiger partial charge in [-0.1, -0.05) is 13.8 Å². The van der Waals surface area contributed by atoms with Crippen LogP contribution in [0.15, 0.2) is 4.90 Å². The smallest absolute Gasteiger partial charge is 0.313 e. The van der Waals surface area contributed by atoms with Gasteiger partial charge in [-0.3, -0.25) is 4.79 Å². The summed E-state index contributed by atoms with van der Waals surface area (Å²) in [7, 11) is 0. The van der Waals surface area contributed by atoms with E-state index >= 15 is 0 Å². The van der Waals surface area contributed by atoms with Gasteiger partial charge in [0, 0.05) is 10.5 Å². The zero-order valence-corrected chi connectivity index (χ0v) is 15.3. The molecule has 0 spiro atoms. The summed E-state index contributed by atoms with van der Waals surface area (Å²) < 4.78 is 55.4. The van der Waals surface area contributed by atoms with Crippen LogP contribution in [0, 0.1) is 24.4 Å². The average molecular weight is 384 g/mol. The Balaban J connectivity index is 0.00000277. The number of aliphatic hydroxyl groups excluding tert-OH is 1. The van der Waals surface area contributed by atoms with Crippen molar-refractivity contribution in [2.45, 2.75) is 32.1 Å². The van der Waals surface area contributed by atoms with Crippen LogP contribution in [0.25, 0.3) is 0 Å². The third kappa shape index (κ3) is 7.64. The maximum absolute atomic E-state index is 13.8. The van der Waals surface area contributed by atoms with Crippen molar-refractivity contribution in [1.29, 1.82) is 0 Å². The third-order valence-corrected chi connectivity index (χ3v) is 3.29. The van der Waals surface area contributed by atoms with Crippen LogP contribution in [0.3, 0.4) is 0 Å². The number of rotatable bonds is 9. The summed E-state index contributed by atoms with van der Waals surface area (Å²) in [5.41, 5.74) is -0.257. The van der Waals surface area contributed by atoms with Gasteiger partial charge in [-0.25, -0.2) is 8.78 Å². The second-order valence-corrected chi connectivity index (χ2v) is 4.86. The molecule has 0 fully saturated rings. The number of aliphatic hydroxyl groups is 1. The molecule has 144 valence electrons. The highest BCUT2D eigenvalue weighted by Crippen LogP contribution is 2.32. The van der Waals surface area contributed by atoms with Gasteiger partial charge in [0.1, 0.15) is 0 Å². The molecule has 0 aliphatic carbocycles.